The fourth-order valence-electron chi connectivity index (χ4n) is 3.10. The van der Waals surface area contributed by atoms with Gasteiger partial charge in [-0.2, -0.15) is 0 Å². The predicted octanol–water partition coefficient (Wildman–Crippen LogP) is 3.32. The minimum absolute atomic E-state index is 0.0303. The van der Waals surface area contributed by atoms with Gasteiger partial charge in [0.15, 0.2) is 5.65 Å². The molecule has 28 heavy (non-hydrogen) atoms. The molecule has 0 radical (unpaired) electrons. The number of carbonyl (C=O) groups excluding carboxylic acids is 1. The Labute approximate surface area is 164 Å². The van der Waals surface area contributed by atoms with Crippen molar-refractivity contribution in [3.63, 3.8) is 0 Å². The second-order valence-corrected chi connectivity index (χ2v) is 6.86. The average molecular weight is 401 g/mol. The number of hydrogen-bond acceptors (Lipinski definition) is 4. The first-order valence-electron chi connectivity index (χ1n) is 9.01. The predicted molar refractivity (Wildman–Crippen MR) is 104 cm³/mol. The summed E-state index contributed by atoms with van der Waals surface area (Å²) in [7, 11) is 0. The molecule has 7 nitrogen and oxygen atoms in total. The van der Waals surface area contributed by atoms with Gasteiger partial charge in [0.05, 0.1) is 21.6 Å². The van der Waals surface area contributed by atoms with Crippen LogP contribution in [0.25, 0.3) is 16.7 Å². The molecule has 4 rings (SSSR count). The number of hydrogen-bond donors (Lipinski definition) is 2. The van der Waals surface area contributed by atoms with E-state index in [9.17, 15) is 9.18 Å². The lowest BCUT2D eigenvalue weighted by Crippen LogP contribution is -2.26. The smallest absolute Gasteiger partial charge is 0.255 e. The van der Waals surface area contributed by atoms with Gasteiger partial charge in [-0.15, -0.1) is 10.2 Å². The molecule has 0 atom stereocenters. The van der Waals surface area contributed by atoms with Crippen molar-refractivity contribution in [3.05, 3.63) is 58.5 Å². The number of rotatable bonds is 6. The third-order valence-corrected chi connectivity index (χ3v) is 4.73. The van der Waals surface area contributed by atoms with Crippen molar-refractivity contribution >= 4 is 34.2 Å². The second-order valence-electron chi connectivity index (χ2n) is 6.45. The van der Waals surface area contributed by atoms with Crippen LogP contribution in [0.2, 0.25) is 5.02 Å². The van der Waals surface area contributed by atoms with Crippen LogP contribution in [0.3, 0.4) is 0 Å². The van der Waals surface area contributed by atoms with Gasteiger partial charge in [0.25, 0.3) is 5.91 Å². The van der Waals surface area contributed by atoms with Crippen LogP contribution in [0.5, 0.6) is 0 Å². The zero-order valence-electron chi connectivity index (χ0n) is 15.2. The van der Waals surface area contributed by atoms with Crippen molar-refractivity contribution in [2.45, 2.75) is 26.2 Å². The summed E-state index contributed by atoms with van der Waals surface area (Å²) >= 11 is 5.78. The van der Waals surface area contributed by atoms with Crippen molar-refractivity contribution < 1.29 is 9.18 Å². The largest absolute Gasteiger partial charge is 0.351 e. The first-order valence-corrected chi connectivity index (χ1v) is 9.39. The summed E-state index contributed by atoms with van der Waals surface area (Å²) in [5.41, 5.74) is 2.16. The number of imidazole rings is 1. The maximum atomic E-state index is 13.5. The molecule has 3 heterocycles. The van der Waals surface area contributed by atoms with Crippen LogP contribution in [0, 0.1) is 5.82 Å². The quantitative estimate of drug-likeness (QED) is 0.519. The van der Waals surface area contributed by atoms with Gasteiger partial charge in [-0.3, -0.25) is 9.20 Å². The third-order valence-electron chi connectivity index (χ3n) is 4.44. The van der Waals surface area contributed by atoms with Crippen molar-refractivity contribution in [2.24, 2.45) is 0 Å². The summed E-state index contributed by atoms with van der Waals surface area (Å²) in [4.78, 5) is 20.0. The highest BCUT2D eigenvalue weighted by Crippen LogP contribution is 2.21. The number of nitrogens with one attached hydrogen (secondary N) is 2. The number of pyridine rings is 1. The molecule has 1 aromatic carbocycles. The van der Waals surface area contributed by atoms with Crippen LogP contribution >= 0.6 is 11.6 Å². The highest BCUT2D eigenvalue weighted by atomic mass is 35.5. The lowest BCUT2D eigenvalue weighted by molar-refractivity contribution is 0.0955. The number of benzene rings is 1. The Kier molecular flexibility index (Phi) is 4.95. The molecule has 0 saturated carbocycles. The van der Waals surface area contributed by atoms with Crippen LogP contribution in [-0.2, 0) is 12.8 Å². The van der Waals surface area contributed by atoms with Gasteiger partial charge >= 0.3 is 0 Å². The molecular weight excluding hydrogens is 383 g/mol. The summed E-state index contributed by atoms with van der Waals surface area (Å²) < 4.78 is 15.4. The summed E-state index contributed by atoms with van der Waals surface area (Å²) in [5, 5.41) is 11.2. The standard InChI is InChI=1S/C19H18ClFN6O/c1-2-4-17-25-26-18-11(5-3-8-27(17)18)19(28)22-7-6-16-23-14-9-12(20)13(21)10-15(14)24-16/h3,5,8-10H,2,4,6-7H2,1H3,(H,22,28)(H,23,24). The molecule has 0 unspecified atom stereocenters. The highest BCUT2D eigenvalue weighted by Gasteiger charge is 2.15. The molecule has 0 fully saturated rings. The minimum Gasteiger partial charge on any atom is -0.351 e. The third kappa shape index (κ3) is 3.43. The Morgan fingerprint density at radius 1 is 1.32 bits per heavy atom. The number of nitrogens with zero attached hydrogens (tertiary/aromatic N) is 4. The summed E-state index contributed by atoms with van der Waals surface area (Å²) in [6.07, 6.45) is 4.07. The summed E-state index contributed by atoms with van der Waals surface area (Å²) in [6.45, 7) is 2.43. The van der Waals surface area contributed by atoms with Crippen LogP contribution in [-0.4, -0.2) is 37.0 Å². The van der Waals surface area contributed by atoms with Crippen LogP contribution < -0.4 is 5.32 Å². The van der Waals surface area contributed by atoms with E-state index < -0.39 is 5.82 Å². The minimum atomic E-state index is -0.499. The number of H-pyrrole nitrogens is 1. The van der Waals surface area contributed by atoms with Crippen molar-refractivity contribution in [1.82, 2.24) is 29.9 Å². The average Bonchev–Trinajstić information content (AvgIpc) is 3.26. The van der Waals surface area contributed by atoms with Crippen LogP contribution in [0.4, 0.5) is 4.39 Å². The summed E-state index contributed by atoms with van der Waals surface area (Å²) in [6, 6.07) is 6.32. The normalized spacial score (nSPS) is 11.4. The molecule has 0 bridgehead atoms. The molecule has 0 aliphatic rings. The molecule has 144 valence electrons. The van der Waals surface area contributed by atoms with E-state index in [0.717, 1.165) is 18.7 Å². The zero-order valence-corrected chi connectivity index (χ0v) is 15.9. The SMILES string of the molecule is CCCc1nnc2c(C(=O)NCCc3nc4cc(Cl)c(F)cc4[nH]3)cccn12. The number of aromatic nitrogens is 5. The molecule has 4 aromatic rings. The van der Waals surface area contributed by atoms with E-state index in [0.29, 0.717) is 41.0 Å². The Bertz CT molecular complexity index is 1130. The number of aromatic amines is 1. The lowest BCUT2D eigenvalue weighted by Gasteiger charge is -2.05. The monoisotopic (exact) mass is 400 g/mol. The van der Waals surface area contributed by atoms with Crippen molar-refractivity contribution in [1.29, 1.82) is 0 Å². The van der Waals surface area contributed by atoms with Crippen molar-refractivity contribution in [2.75, 3.05) is 6.54 Å². The Balaban J connectivity index is 1.45. The second kappa shape index (κ2) is 7.55. The molecule has 0 saturated heterocycles. The Morgan fingerprint density at radius 3 is 3.00 bits per heavy atom. The van der Waals surface area contributed by atoms with Gasteiger partial charge in [-0.05, 0) is 24.6 Å². The molecule has 0 spiro atoms. The number of halogens is 2. The van der Waals surface area contributed by atoms with E-state index in [2.05, 4.69) is 32.4 Å². The fraction of sp³-hybridized carbons (Fsp3) is 0.263. The Morgan fingerprint density at radius 2 is 2.18 bits per heavy atom. The molecule has 0 aliphatic carbocycles. The molecule has 3 aromatic heterocycles. The van der Waals surface area contributed by atoms with Gasteiger partial charge < -0.3 is 10.3 Å². The van der Waals surface area contributed by atoms with Gasteiger partial charge in [-0.25, -0.2) is 9.37 Å². The maximum Gasteiger partial charge on any atom is 0.255 e. The van der Waals surface area contributed by atoms with Gasteiger partial charge in [0, 0.05) is 31.6 Å². The number of amides is 1. The molecular formula is C19H18ClFN6O. The van der Waals surface area contributed by atoms with Crippen molar-refractivity contribution in [3.8, 4) is 0 Å². The molecule has 9 heteroatoms. The number of aryl methyl sites for hydroxylation is 1. The lowest BCUT2D eigenvalue weighted by atomic mass is 10.2. The van der Waals surface area contributed by atoms with Gasteiger partial charge in [0.2, 0.25) is 0 Å². The topological polar surface area (TPSA) is 88.0 Å². The molecule has 2 N–H and O–H groups in total. The fourth-order valence-corrected chi connectivity index (χ4v) is 3.26. The first kappa shape index (κ1) is 18.4. The Hall–Kier alpha value is -3.00. The van der Waals surface area contributed by atoms with E-state index >= 15 is 0 Å². The van der Waals surface area contributed by atoms with E-state index in [4.69, 9.17) is 11.6 Å². The van der Waals surface area contributed by atoms with E-state index in [1.165, 1.54) is 12.1 Å². The van der Waals surface area contributed by atoms with Crippen LogP contribution in [0.15, 0.2) is 30.5 Å². The first-order chi connectivity index (χ1) is 13.6. The number of carbonyl (C=O) groups is 1. The maximum absolute atomic E-state index is 13.5. The molecule has 1 amide bonds. The summed E-state index contributed by atoms with van der Waals surface area (Å²) in [5.74, 6) is 0.746. The highest BCUT2D eigenvalue weighted by molar-refractivity contribution is 6.31. The van der Waals surface area contributed by atoms with E-state index in [1.54, 1.807) is 6.07 Å². The van der Waals surface area contributed by atoms with Gasteiger partial charge in [-0.1, -0.05) is 18.5 Å². The van der Waals surface area contributed by atoms with Crippen LogP contribution in [0.1, 0.15) is 35.4 Å². The van der Waals surface area contributed by atoms with E-state index in [-0.39, 0.29) is 10.9 Å². The van der Waals surface area contributed by atoms with Gasteiger partial charge in [0.1, 0.15) is 17.5 Å². The number of fused-ring (bicyclic) bond motifs is 2. The molecule has 0 aliphatic heterocycles. The van der Waals surface area contributed by atoms with E-state index in [1.807, 2.05) is 16.7 Å². The zero-order chi connectivity index (χ0) is 19.7.